The molecule has 0 N–H and O–H groups in total. The summed E-state index contributed by atoms with van der Waals surface area (Å²) in [5.41, 5.74) is 0.870. The minimum atomic E-state index is -0.243. The summed E-state index contributed by atoms with van der Waals surface area (Å²) in [6.07, 6.45) is 0. The Bertz CT molecular complexity index is 445. The first-order chi connectivity index (χ1) is 6.68. The van der Waals surface area contributed by atoms with Gasteiger partial charge in [-0.25, -0.2) is 4.39 Å². The lowest BCUT2D eigenvalue weighted by atomic mass is 10.2. The summed E-state index contributed by atoms with van der Waals surface area (Å²) in [4.78, 5) is 0. The van der Waals surface area contributed by atoms with Gasteiger partial charge in [-0.15, -0.1) is 10.2 Å². The Morgan fingerprint density at radius 1 is 1.14 bits per heavy atom. The highest BCUT2D eigenvalue weighted by Gasteiger charge is 2.06. The Hall–Kier alpha value is -1.71. The number of hydrogen-bond donors (Lipinski definition) is 0. The second kappa shape index (κ2) is 3.21. The van der Waals surface area contributed by atoms with Crippen LogP contribution in [0, 0.1) is 12.7 Å². The molecule has 0 saturated heterocycles. The van der Waals surface area contributed by atoms with Crippen molar-refractivity contribution in [1.82, 2.24) is 14.8 Å². The summed E-state index contributed by atoms with van der Waals surface area (Å²) in [6.45, 7) is 1.88. The first kappa shape index (κ1) is 8.87. The third-order valence-electron chi connectivity index (χ3n) is 2.19. The second-order valence-corrected chi connectivity index (χ2v) is 3.14. The van der Waals surface area contributed by atoms with Crippen LogP contribution in [0.1, 0.15) is 5.82 Å². The van der Waals surface area contributed by atoms with Gasteiger partial charge < -0.3 is 4.57 Å². The molecular weight excluding hydrogens is 181 g/mol. The van der Waals surface area contributed by atoms with Gasteiger partial charge in [0.1, 0.15) is 11.6 Å². The summed E-state index contributed by atoms with van der Waals surface area (Å²) in [5, 5.41) is 7.94. The maximum Gasteiger partial charge on any atom is 0.163 e. The van der Waals surface area contributed by atoms with E-state index in [1.165, 1.54) is 12.1 Å². The van der Waals surface area contributed by atoms with Gasteiger partial charge in [-0.1, -0.05) is 0 Å². The first-order valence-corrected chi connectivity index (χ1v) is 4.30. The highest BCUT2D eigenvalue weighted by molar-refractivity contribution is 5.54. The molecule has 0 fully saturated rings. The minimum Gasteiger partial charge on any atom is -0.314 e. The van der Waals surface area contributed by atoms with E-state index < -0.39 is 0 Å². The second-order valence-electron chi connectivity index (χ2n) is 3.14. The Labute approximate surface area is 81.2 Å². The van der Waals surface area contributed by atoms with Crippen molar-refractivity contribution in [2.45, 2.75) is 6.92 Å². The fourth-order valence-corrected chi connectivity index (χ4v) is 1.26. The molecule has 1 heterocycles. The van der Waals surface area contributed by atoms with E-state index in [9.17, 15) is 4.39 Å². The predicted octanol–water partition coefficient (Wildman–Crippen LogP) is 1.93. The third kappa shape index (κ3) is 1.39. The van der Waals surface area contributed by atoms with Crippen LogP contribution in [0.2, 0.25) is 0 Å². The molecule has 3 nitrogen and oxygen atoms in total. The van der Waals surface area contributed by atoms with Crippen LogP contribution >= 0.6 is 0 Å². The van der Waals surface area contributed by atoms with Crippen LogP contribution < -0.4 is 0 Å². The first-order valence-electron chi connectivity index (χ1n) is 4.30. The van der Waals surface area contributed by atoms with Crippen LogP contribution in [-0.2, 0) is 7.05 Å². The highest BCUT2D eigenvalue weighted by Crippen LogP contribution is 2.16. The van der Waals surface area contributed by atoms with Crippen LogP contribution in [0.25, 0.3) is 11.4 Å². The van der Waals surface area contributed by atoms with Crippen molar-refractivity contribution in [2.75, 3.05) is 0 Å². The molecule has 1 aromatic heterocycles. The van der Waals surface area contributed by atoms with Gasteiger partial charge in [0.2, 0.25) is 0 Å². The molecule has 2 rings (SSSR count). The van der Waals surface area contributed by atoms with Crippen molar-refractivity contribution in [3.05, 3.63) is 35.9 Å². The standard InChI is InChI=1S/C10H10FN3/c1-7-12-13-10(14(7)2)8-3-5-9(11)6-4-8/h3-6H,1-2H3. The summed E-state index contributed by atoms with van der Waals surface area (Å²) < 4.78 is 14.5. The largest absolute Gasteiger partial charge is 0.314 e. The number of rotatable bonds is 1. The molecule has 0 aliphatic heterocycles. The van der Waals surface area contributed by atoms with Crippen LogP contribution in [0.4, 0.5) is 4.39 Å². The number of hydrogen-bond acceptors (Lipinski definition) is 2. The SMILES string of the molecule is Cc1nnc(-c2ccc(F)cc2)n1C. The Morgan fingerprint density at radius 2 is 1.79 bits per heavy atom. The van der Waals surface area contributed by atoms with Crippen LogP contribution in [-0.4, -0.2) is 14.8 Å². The predicted molar refractivity (Wildman–Crippen MR) is 51.1 cm³/mol. The van der Waals surface area contributed by atoms with Crippen LogP contribution in [0.15, 0.2) is 24.3 Å². The average molecular weight is 191 g/mol. The fourth-order valence-electron chi connectivity index (χ4n) is 1.26. The van der Waals surface area contributed by atoms with Gasteiger partial charge in [-0.05, 0) is 31.2 Å². The monoisotopic (exact) mass is 191 g/mol. The topological polar surface area (TPSA) is 30.7 Å². The number of aryl methyl sites for hydroxylation is 1. The van der Waals surface area contributed by atoms with Crippen molar-refractivity contribution in [3.8, 4) is 11.4 Å². The zero-order valence-corrected chi connectivity index (χ0v) is 8.03. The van der Waals surface area contributed by atoms with E-state index >= 15 is 0 Å². The molecule has 0 bridgehead atoms. The average Bonchev–Trinajstić information content (AvgIpc) is 2.50. The molecule has 0 saturated carbocycles. The van der Waals surface area contributed by atoms with Crippen molar-refractivity contribution in [2.24, 2.45) is 7.05 Å². The Morgan fingerprint density at radius 3 is 2.29 bits per heavy atom. The van der Waals surface area contributed by atoms with Crippen molar-refractivity contribution in [3.63, 3.8) is 0 Å². The lowest BCUT2D eigenvalue weighted by Crippen LogP contribution is -1.94. The normalized spacial score (nSPS) is 10.5. The quantitative estimate of drug-likeness (QED) is 0.689. The van der Waals surface area contributed by atoms with Crippen LogP contribution in [0.3, 0.4) is 0 Å². The third-order valence-corrected chi connectivity index (χ3v) is 2.19. The molecule has 0 radical (unpaired) electrons. The zero-order valence-electron chi connectivity index (χ0n) is 8.03. The van der Waals surface area contributed by atoms with Gasteiger partial charge in [0.15, 0.2) is 5.82 Å². The molecule has 14 heavy (non-hydrogen) atoms. The molecule has 0 aliphatic carbocycles. The summed E-state index contributed by atoms with van der Waals surface area (Å²) in [7, 11) is 1.88. The van der Waals surface area contributed by atoms with E-state index in [4.69, 9.17) is 0 Å². The van der Waals surface area contributed by atoms with Gasteiger partial charge in [0.25, 0.3) is 0 Å². The number of nitrogens with zero attached hydrogens (tertiary/aromatic N) is 3. The molecule has 0 unspecified atom stereocenters. The zero-order chi connectivity index (χ0) is 10.1. The van der Waals surface area contributed by atoms with Crippen molar-refractivity contribution in [1.29, 1.82) is 0 Å². The molecular formula is C10H10FN3. The van der Waals surface area contributed by atoms with Crippen molar-refractivity contribution >= 4 is 0 Å². The molecule has 0 aliphatic rings. The lowest BCUT2D eigenvalue weighted by Gasteiger charge is -2.00. The molecule has 1 aromatic carbocycles. The van der Waals surface area contributed by atoms with E-state index in [1.54, 1.807) is 12.1 Å². The molecule has 2 aromatic rings. The van der Waals surface area contributed by atoms with Gasteiger partial charge >= 0.3 is 0 Å². The fraction of sp³-hybridized carbons (Fsp3) is 0.200. The van der Waals surface area contributed by atoms with E-state index in [0.717, 1.165) is 17.2 Å². The number of benzene rings is 1. The number of halogens is 1. The number of aromatic nitrogens is 3. The smallest absolute Gasteiger partial charge is 0.163 e. The van der Waals surface area contributed by atoms with Crippen molar-refractivity contribution < 1.29 is 4.39 Å². The maximum absolute atomic E-state index is 12.7. The lowest BCUT2D eigenvalue weighted by molar-refractivity contribution is 0.628. The van der Waals surface area contributed by atoms with Gasteiger partial charge in [-0.2, -0.15) is 0 Å². The molecule has 72 valence electrons. The Kier molecular flexibility index (Phi) is 2.04. The molecule has 4 heteroatoms. The molecule has 0 spiro atoms. The van der Waals surface area contributed by atoms with Gasteiger partial charge in [0, 0.05) is 12.6 Å². The van der Waals surface area contributed by atoms with Gasteiger partial charge in [-0.3, -0.25) is 0 Å². The Balaban J connectivity index is 2.49. The van der Waals surface area contributed by atoms with Gasteiger partial charge in [0.05, 0.1) is 0 Å². The van der Waals surface area contributed by atoms with E-state index in [0.29, 0.717) is 0 Å². The van der Waals surface area contributed by atoms with E-state index in [1.807, 2.05) is 18.5 Å². The summed E-state index contributed by atoms with van der Waals surface area (Å²) in [5.74, 6) is 1.35. The summed E-state index contributed by atoms with van der Waals surface area (Å²) in [6, 6.07) is 6.22. The minimum absolute atomic E-state index is 0.243. The van der Waals surface area contributed by atoms with Crippen LogP contribution in [0.5, 0.6) is 0 Å². The maximum atomic E-state index is 12.7. The van der Waals surface area contributed by atoms with E-state index in [2.05, 4.69) is 10.2 Å². The summed E-state index contributed by atoms with van der Waals surface area (Å²) >= 11 is 0. The molecule has 0 amide bonds. The van der Waals surface area contributed by atoms with E-state index in [-0.39, 0.29) is 5.82 Å². The molecule has 0 atom stereocenters. The highest BCUT2D eigenvalue weighted by atomic mass is 19.1.